The Hall–Kier alpha value is -0.610. The molecular formula is C14H26N2O2. The molecule has 2 heterocycles. The van der Waals surface area contributed by atoms with Crippen LogP contribution in [0.1, 0.15) is 39.5 Å². The van der Waals surface area contributed by atoms with Crippen molar-refractivity contribution in [2.24, 2.45) is 5.92 Å². The van der Waals surface area contributed by atoms with Crippen LogP contribution in [-0.2, 0) is 9.53 Å². The van der Waals surface area contributed by atoms with E-state index in [1.54, 1.807) is 0 Å². The van der Waals surface area contributed by atoms with E-state index in [0.717, 1.165) is 32.5 Å². The van der Waals surface area contributed by atoms with Crippen molar-refractivity contribution in [1.29, 1.82) is 0 Å². The van der Waals surface area contributed by atoms with E-state index in [1.165, 1.54) is 12.8 Å². The number of ether oxygens (including phenoxy) is 1. The summed E-state index contributed by atoms with van der Waals surface area (Å²) in [5.74, 6) is 0.998. The average molecular weight is 254 g/mol. The zero-order valence-electron chi connectivity index (χ0n) is 11.7. The Morgan fingerprint density at radius 2 is 2.22 bits per heavy atom. The number of morpholine rings is 1. The van der Waals surface area contributed by atoms with Crippen LogP contribution in [0.25, 0.3) is 0 Å². The molecular weight excluding hydrogens is 228 g/mol. The lowest BCUT2D eigenvalue weighted by Gasteiger charge is -2.37. The second-order valence-corrected chi connectivity index (χ2v) is 5.49. The summed E-state index contributed by atoms with van der Waals surface area (Å²) in [5, 5.41) is 3.38. The second kappa shape index (κ2) is 6.53. The van der Waals surface area contributed by atoms with Crippen molar-refractivity contribution in [3.05, 3.63) is 0 Å². The molecule has 4 heteroatoms. The SMILES string of the molecule is CCC1CCNC(C(=O)N2CCOC(CC)C2)C1. The molecule has 2 aliphatic rings. The highest BCUT2D eigenvalue weighted by Crippen LogP contribution is 2.21. The van der Waals surface area contributed by atoms with Crippen molar-refractivity contribution in [2.45, 2.75) is 51.7 Å². The molecule has 18 heavy (non-hydrogen) atoms. The minimum atomic E-state index is 0.0410. The quantitative estimate of drug-likeness (QED) is 0.828. The molecule has 0 aromatic heterocycles. The fourth-order valence-electron chi connectivity index (χ4n) is 2.94. The third kappa shape index (κ3) is 3.23. The third-order valence-electron chi connectivity index (χ3n) is 4.29. The van der Waals surface area contributed by atoms with Gasteiger partial charge in [0.05, 0.1) is 18.8 Å². The van der Waals surface area contributed by atoms with Gasteiger partial charge in [-0.05, 0) is 31.7 Å². The first-order chi connectivity index (χ1) is 8.74. The molecule has 104 valence electrons. The second-order valence-electron chi connectivity index (χ2n) is 5.49. The maximum atomic E-state index is 12.5. The normalized spacial score (nSPS) is 33.4. The van der Waals surface area contributed by atoms with Gasteiger partial charge in [-0.3, -0.25) is 4.79 Å². The van der Waals surface area contributed by atoms with Gasteiger partial charge in [-0.2, -0.15) is 0 Å². The van der Waals surface area contributed by atoms with Crippen LogP contribution in [-0.4, -0.2) is 49.2 Å². The van der Waals surface area contributed by atoms with Gasteiger partial charge in [0.15, 0.2) is 0 Å². The molecule has 0 bridgehead atoms. The van der Waals surface area contributed by atoms with Gasteiger partial charge in [0, 0.05) is 13.1 Å². The minimum Gasteiger partial charge on any atom is -0.375 e. The lowest BCUT2D eigenvalue weighted by Crippen LogP contribution is -2.54. The summed E-state index contributed by atoms with van der Waals surface area (Å²) < 4.78 is 5.62. The Kier molecular flexibility index (Phi) is 5.01. The molecule has 2 saturated heterocycles. The van der Waals surface area contributed by atoms with Crippen LogP contribution in [0, 0.1) is 5.92 Å². The fraction of sp³-hybridized carbons (Fsp3) is 0.929. The number of hydrogen-bond acceptors (Lipinski definition) is 3. The molecule has 3 unspecified atom stereocenters. The van der Waals surface area contributed by atoms with Gasteiger partial charge in [0.2, 0.25) is 5.91 Å². The third-order valence-corrected chi connectivity index (χ3v) is 4.29. The molecule has 4 nitrogen and oxygen atoms in total. The first-order valence-electron chi connectivity index (χ1n) is 7.38. The molecule has 3 atom stereocenters. The summed E-state index contributed by atoms with van der Waals surface area (Å²) in [6, 6.07) is 0.0410. The van der Waals surface area contributed by atoms with E-state index in [0.29, 0.717) is 12.5 Å². The highest BCUT2D eigenvalue weighted by atomic mass is 16.5. The fourth-order valence-corrected chi connectivity index (χ4v) is 2.94. The van der Waals surface area contributed by atoms with Crippen LogP contribution in [0.4, 0.5) is 0 Å². The summed E-state index contributed by atoms with van der Waals surface area (Å²) in [5.41, 5.74) is 0. The van der Waals surface area contributed by atoms with Gasteiger partial charge in [-0.1, -0.05) is 20.3 Å². The monoisotopic (exact) mass is 254 g/mol. The molecule has 0 radical (unpaired) electrons. The van der Waals surface area contributed by atoms with Crippen LogP contribution < -0.4 is 5.32 Å². The number of nitrogens with one attached hydrogen (secondary N) is 1. The van der Waals surface area contributed by atoms with Gasteiger partial charge in [0.25, 0.3) is 0 Å². The van der Waals surface area contributed by atoms with Gasteiger partial charge in [0.1, 0.15) is 0 Å². The van der Waals surface area contributed by atoms with Crippen LogP contribution in [0.2, 0.25) is 0 Å². The Labute approximate surface area is 110 Å². The van der Waals surface area contributed by atoms with E-state index in [2.05, 4.69) is 19.2 Å². The molecule has 0 aromatic rings. The average Bonchev–Trinajstić information content (AvgIpc) is 2.46. The van der Waals surface area contributed by atoms with E-state index in [9.17, 15) is 4.79 Å². The minimum absolute atomic E-state index is 0.0410. The summed E-state index contributed by atoms with van der Waals surface area (Å²) in [7, 11) is 0. The summed E-state index contributed by atoms with van der Waals surface area (Å²) >= 11 is 0. The van der Waals surface area contributed by atoms with Crippen LogP contribution in [0.15, 0.2) is 0 Å². The van der Waals surface area contributed by atoms with Gasteiger partial charge in [-0.25, -0.2) is 0 Å². The molecule has 1 amide bonds. The van der Waals surface area contributed by atoms with Gasteiger partial charge in [-0.15, -0.1) is 0 Å². The van der Waals surface area contributed by atoms with Crippen LogP contribution in [0.3, 0.4) is 0 Å². The summed E-state index contributed by atoms with van der Waals surface area (Å²) in [6.07, 6.45) is 4.61. The lowest BCUT2D eigenvalue weighted by molar-refractivity contribution is -0.142. The van der Waals surface area contributed by atoms with Crippen molar-refractivity contribution in [3.8, 4) is 0 Å². The predicted molar refractivity (Wildman–Crippen MR) is 71.4 cm³/mol. The maximum absolute atomic E-state index is 12.5. The highest BCUT2D eigenvalue weighted by molar-refractivity contribution is 5.82. The van der Waals surface area contributed by atoms with Crippen molar-refractivity contribution < 1.29 is 9.53 Å². The number of nitrogens with zero attached hydrogens (tertiary/aromatic N) is 1. The molecule has 2 fully saturated rings. The zero-order valence-corrected chi connectivity index (χ0v) is 11.7. The smallest absolute Gasteiger partial charge is 0.239 e. The molecule has 1 N–H and O–H groups in total. The molecule has 0 aliphatic carbocycles. The van der Waals surface area contributed by atoms with Crippen molar-refractivity contribution >= 4 is 5.91 Å². The zero-order chi connectivity index (χ0) is 13.0. The first kappa shape index (κ1) is 13.8. The van der Waals surface area contributed by atoms with Crippen LogP contribution in [0.5, 0.6) is 0 Å². The predicted octanol–water partition coefficient (Wildman–Crippen LogP) is 1.40. The van der Waals surface area contributed by atoms with Gasteiger partial charge < -0.3 is 15.0 Å². The van der Waals surface area contributed by atoms with Crippen molar-refractivity contribution in [2.75, 3.05) is 26.2 Å². The number of amides is 1. The Bertz CT molecular complexity index is 257. The Balaban J connectivity index is 1.89. The standard InChI is InChI=1S/C14H26N2O2/c1-3-11-5-6-15-13(9-11)14(17)16-7-8-18-12(4-2)10-16/h11-13,15H,3-10H2,1-2H3. The van der Waals surface area contributed by atoms with E-state index in [4.69, 9.17) is 4.74 Å². The largest absolute Gasteiger partial charge is 0.375 e. The van der Waals surface area contributed by atoms with E-state index >= 15 is 0 Å². The van der Waals surface area contributed by atoms with E-state index in [1.807, 2.05) is 4.90 Å². The number of rotatable bonds is 3. The van der Waals surface area contributed by atoms with Crippen molar-refractivity contribution in [3.63, 3.8) is 0 Å². The van der Waals surface area contributed by atoms with Crippen molar-refractivity contribution in [1.82, 2.24) is 10.2 Å². The van der Waals surface area contributed by atoms with Crippen LogP contribution >= 0.6 is 0 Å². The highest BCUT2D eigenvalue weighted by Gasteiger charge is 2.31. The topological polar surface area (TPSA) is 41.6 Å². The number of carbonyl (C=O) groups is 1. The van der Waals surface area contributed by atoms with E-state index < -0.39 is 0 Å². The molecule has 2 rings (SSSR count). The lowest BCUT2D eigenvalue weighted by atomic mass is 9.90. The Morgan fingerprint density at radius 3 is 2.94 bits per heavy atom. The Morgan fingerprint density at radius 1 is 1.39 bits per heavy atom. The molecule has 0 spiro atoms. The number of piperidine rings is 1. The molecule has 0 saturated carbocycles. The summed E-state index contributed by atoms with van der Waals surface area (Å²) in [4.78, 5) is 14.5. The molecule has 2 aliphatic heterocycles. The maximum Gasteiger partial charge on any atom is 0.239 e. The number of carbonyl (C=O) groups excluding carboxylic acids is 1. The molecule has 0 aromatic carbocycles. The van der Waals surface area contributed by atoms with E-state index in [-0.39, 0.29) is 18.1 Å². The first-order valence-corrected chi connectivity index (χ1v) is 7.38. The van der Waals surface area contributed by atoms with Gasteiger partial charge >= 0.3 is 0 Å². The number of hydrogen-bond donors (Lipinski definition) is 1. The summed E-state index contributed by atoms with van der Waals surface area (Å²) in [6.45, 7) is 7.53.